The number of hydrogen-bond donors (Lipinski definition) is 2. The first-order valence-corrected chi connectivity index (χ1v) is 8.50. The van der Waals surface area contributed by atoms with E-state index in [1.54, 1.807) is 12.1 Å². The van der Waals surface area contributed by atoms with Crippen molar-refractivity contribution in [3.63, 3.8) is 0 Å². The van der Waals surface area contributed by atoms with Crippen LogP contribution in [0.4, 0.5) is 0 Å². The van der Waals surface area contributed by atoms with Gasteiger partial charge in [-0.05, 0) is 36.6 Å². The predicted octanol–water partition coefficient (Wildman–Crippen LogP) is 2.77. The Morgan fingerprint density at radius 1 is 1.30 bits per heavy atom. The molecule has 20 heavy (non-hydrogen) atoms. The number of rotatable bonds is 7. The second kappa shape index (κ2) is 6.89. The summed E-state index contributed by atoms with van der Waals surface area (Å²) in [7, 11) is -1.77. The van der Waals surface area contributed by atoms with Gasteiger partial charge in [0.05, 0.1) is 5.02 Å². The summed E-state index contributed by atoms with van der Waals surface area (Å²) in [4.78, 5) is 0.138. The Morgan fingerprint density at radius 3 is 2.50 bits per heavy atom. The lowest BCUT2D eigenvalue weighted by Gasteiger charge is -2.23. The minimum Gasteiger partial charge on any atom is -0.316 e. The van der Waals surface area contributed by atoms with Gasteiger partial charge in [-0.1, -0.05) is 38.4 Å². The SMILES string of the molecule is CCC(C)(C)CNS(=O)(=O)c1cc(CNC)ccc1Cl. The summed E-state index contributed by atoms with van der Waals surface area (Å²) >= 11 is 6.03. The average Bonchev–Trinajstić information content (AvgIpc) is 2.39. The monoisotopic (exact) mass is 318 g/mol. The zero-order chi connectivity index (χ0) is 15.4. The van der Waals surface area contributed by atoms with Crippen molar-refractivity contribution in [1.82, 2.24) is 10.0 Å². The molecule has 0 spiro atoms. The Balaban J connectivity index is 3.00. The summed E-state index contributed by atoms with van der Waals surface area (Å²) in [5.41, 5.74) is 0.800. The third-order valence-corrected chi connectivity index (χ3v) is 5.25. The molecule has 0 saturated heterocycles. The zero-order valence-corrected chi connectivity index (χ0v) is 14.0. The van der Waals surface area contributed by atoms with E-state index in [0.29, 0.717) is 13.1 Å². The van der Waals surface area contributed by atoms with Gasteiger partial charge in [0.15, 0.2) is 0 Å². The molecule has 0 aliphatic rings. The first kappa shape index (κ1) is 17.4. The molecule has 0 unspecified atom stereocenters. The maximum Gasteiger partial charge on any atom is 0.242 e. The molecule has 0 aliphatic heterocycles. The van der Waals surface area contributed by atoms with Gasteiger partial charge >= 0.3 is 0 Å². The molecule has 0 aromatic heterocycles. The third kappa shape index (κ3) is 4.74. The molecule has 0 atom stereocenters. The second-order valence-corrected chi connectivity index (χ2v) is 7.78. The van der Waals surface area contributed by atoms with Gasteiger partial charge in [-0.2, -0.15) is 0 Å². The number of hydrogen-bond acceptors (Lipinski definition) is 3. The highest BCUT2D eigenvalue weighted by Gasteiger charge is 2.22. The van der Waals surface area contributed by atoms with E-state index in [4.69, 9.17) is 11.6 Å². The fraction of sp³-hybridized carbons (Fsp3) is 0.571. The number of sulfonamides is 1. The van der Waals surface area contributed by atoms with Gasteiger partial charge < -0.3 is 5.32 Å². The highest BCUT2D eigenvalue weighted by Crippen LogP contribution is 2.24. The molecule has 0 amide bonds. The summed E-state index contributed by atoms with van der Waals surface area (Å²) in [6.07, 6.45) is 0.892. The molecular weight excluding hydrogens is 296 g/mol. The number of halogens is 1. The lowest BCUT2D eigenvalue weighted by atomic mass is 9.91. The Kier molecular flexibility index (Phi) is 6.01. The number of benzene rings is 1. The number of nitrogens with one attached hydrogen (secondary N) is 2. The molecule has 0 heterocycles. The molecule has 2 N–H and O–H groups in total. The molecule has 0 aliphatic carbocycles. The standard InChI is InChI=1S/C14H23ClN2O2S/c1-5-14(2,3)10-17-20(18,19)13-8-11(9-16-4)6-7-12(13)15/h6-8,16-17H,5,9-10H2,1-4H3. The minimum absolute atomic E-state index is 0.0812. The Morgan fingerprint density at radius 2 is 1.95 bits per heavy atom. The largest absolute Gasteiger partial charge is 0.316 e. The molecule has 0 bridgehead atoms. The minimum atomic E-state index is -3.58. The molecule has 0 radical (unpaired) electrons. The third-order valence-electron chi connectivity index (χ3n) is 3.36. The van der Waals surface area contributed by atoms with Crippen molar-refractivity contribution >= 4 is 21.6 Å². The summed E-state index contributed by atoms with van der Waals surface area (Å²) in [5.74, 6) is 0. The van der Waals surface area contributed by atoms with Crippen molar-refractivity contribution in [2.75, 3.05) is 13.6 Å². The summed E-state index contributed by atoms with van der Waals surface area (Å²) in [6, 6.07) is 5.04. The van der Waals surface area contributed by atoms with Crippen LogP contribution in [0, 0.1) is 5.41 Å². The zero-order valence-electron chi connectivity index (χ0n) is 12.5. The predicted molar refractivity (Wildman–Crippen MR) is 83.5 cm³/mol. The van der Waals surface area contributed by atoms with Crippen LogP contribution >= 0.6 is 11.6 Å². The van der Waals surface area contributed by atoms with Crippen molar-refractivity contribution in [1.29, 1.82) is 0 Å². The van der Waals surface area contributed by atoms with E-state index in [9.17, 15) is 8.42 Å². The van der Waals surface area contributed by atoms with Gasteiger partial charge in [0.25, 0.3) is 0 Å². The van der Waals surface area contributed by atoms with Gasteiger partial charge in [0.1, 0.15) is 4.90 Å². The molecule has 1 aromatic carbocycles. The highest BCUT2D eigenvalue weighted by atomic mass is 35.5. The van der Waals surface area contributed by atoms with Crippen LogP contribution < -0.4 is 10.0 Å². The molecule has 0 fully saturated rings. The van der Waals surface area contributed by atoms with E-state index >= 15 is 0 Å². The Labute approximate surface area is 127 Å². The molecule has 1 rings (SSSR count). The molecule has 4 nitrogen and oxygen atoms in total. The lowest BCUT2D eigenvalue weighted by Crippen LogP contribution is -2.33. The fourth-order valence-corrected chi connectivity index (χ4v) is 3.35. The van der Waals surface area contributed by atoms with Crippen LogP contribution in [0.25, 0.3) is 0 Å². The van der Waals surface area contributed by atoms with E-state index in [2.05, 4.69) is 10.0 Å². The molecule has 0 saturated carbocycles. The van der Waals surface area contributed by atoms with Crippen LogP contribution in [-0.4, -0.2) is 22.0 Å². The van der Waals surface area contributed by atoms with Crippen molar-refractivity contribution in [3.05, 3.63) is 28.8 Å². The maximum atomic E-state index is 12.4. The second-order valence-electron chi connectivity index (χ2n) is 5.64. The van der Waals surface area contributed by atoms with E-state index in [1.807, 2.05) is 33.9 Å². The van der Waals surface area contributed by atoms with Gasteiger partial charge in [-0.15, -0.1) is 0 Å². The molecule has 114 valence electrons. The van der Waals surface area contributed by atoms with Crippen molar-refractivity contribution in [2.24, 2.45) is 5.41 Å². The molecule has 1 aromatic rings. The van der Waals surface area contributed by atoms with Crippen LogP contribution in [0.15, 0.2) is 23.1 Å². The molecular formula is C14H23ClN2O2S. The summed E-state index contributed by atoms with van der Waals surface area (Å²) in [5, 5.41) is 3.23. The summed E-state index contributed by atoms with van der Waals surface area (Å²) in [6.45, 7) is 7.07. The maximum absolute atomic E-state index is 12.4. The molecule has 6 heteroatoms. The Bertz CT molecular complexity index is 556. The van der Waals surface area contributed by atoms with Crippen LogP contribution in [0.2, 0.25) is 5.02 Å². The first-order valence-electron chi connectivity index (χ1n) is 6.64. The van der Waals surface area contributed by atoms with E-state index < -0.39 is 10.0 Å². The van der Waals surface area contributed by atoms with Crippen LogP contribution in [0.5, 0.6) is 0 Å². The van der Waals surface area contributed by atoms with Gasteiger partial charge in [-0.3, -0.25) is 0 Å². The highest BCUT2D eigenvalue weighted by molar-refractivity contribution is 7.89. The van der Waals surface area contributed by atoms with Gasteiger partial charge in [-0.25, -0.2) is 13.1 Å². The van der Waals surface area contributed by atoms with Crippen LogP contribution in [0.3, 0.4) is 0 Å². The van der Waals surface area contributed by atoms with Gasteiger partial charge in [0, 0.05) is 13.1 Å². The normalized spacial score (nSPS) is 12.7. The Hall–Kier alpha value is -0.620. The van der Waals surface area contributed by atoms with Gasteiger partial charge in [0.2, 0.25) is 10.0 Å². The smallest absolute Gasteiger partial charge is 0.242 e. The van der Waals surface area contributed by atoms with E-state index in [1.165, 1.54) is 0 Å². The average molecular weight is 319 g/mol. The summed E-state index contributed by atoms with van der Waals surface area (Å²) < 4.78 is 27.4. The van der Waals surface area contributed by atoms with Crippen molar-refractivity contribution < 1.29 is 8.42 Å². The van der Waals surface area contributed by atoms with Crippen LogP contribution in [-0.2, 0) is 16.6 Å². The quantitative estimate of drug-likeness (QED) is 0.812. The lowest BCUT2D eigenvalue weighted by molar-refractivity contribution is 0.350. The van der Waals surface area contributed by atoms with E-state index in [-0.39, 0.29) is 15.3 Å². The van der Waals surface area contributed by atoms with Crippen molar-refractivity contribution in [2.45, 2.75) is 38.6 Å². The van der Waals surface area contributed by atoms with Crippen LogP contribution in [0.1, 0.15) is 32.8 Å². The fourth-order valence-electron chi connectivity index (χ4n) is 1.56. The van der Waals surface area contributed by atoms with E-state index in [0.717, 1.165) is 12.0 Å². The topological polar surface area (TPSA) is 58.2 Å². The van der Waals surface area contributed by atoms with Crippen molar-refractivity contribution in [3.8, 4) is 0 Å². The first-order chi connectivity index (χ1) is 9.22.